The molecule has 2 amide bonds. The van der Waals surface area contributed by atoms with E-state index in [4.69, 9.17) is 25.8 Å². The van der Waals surface area contributed by atoms with Gasteiger partial charge in [0.1, 0.15) is 17.2 Å². The van der Waals surface area contributed by atoms with Gasteiger partial charge in [-0.05, 0) is 30.3 Å². The molecule has 8 heteroatoms. The zero-order chi connectivity index (χ0) is 18.4. The van der Waals surface area contributed by atoms with Crippen molar-refractivity contribution in [1.29, 1.82) is 0 Å². The summed E-state index contributed by atoms with van der Waals surface area (Å²) in [6.07, 6.45) is 0. The van der Waals surface area contributed by atoms with Crippen LogP contribution in [0.2, 0.25) is 5.02 Å². The summed E-state index contributed by atoms with van der Waals surface area (Å²) in [7, 11) is 4.39. The van der Waals surface area contributed by atoms with Crippen LogP contribution in [-0.2, 0) is 9.59 Å². The van der Waals surface area contributed by atoms with Gasteiger partial charge in [0.05, 0.1) is 32.7 Å². The predicted molar refractivity (Wildman–Crippen MR) is 94.8 cm³/mol. The maximum absolute atomic E-state index is 12.2. The molecule has 0 fully saturated rings. The summed E-state index contributed by atoms with van der Waals surface area (Å²) in [5.41, 5.74) is 0.591. The summed E-state index contributed by atoms with van der Waals surface area (Å²) in [6, 6.07) is 9.51. The molecule has 0 aliphatic rings. The number of amides is 2. The van der Waals surface area contributed by atoms with Crippen molar-refractivity contribution in [2.24, 2.45) is 0 Å². The smallest absolute Gasteiger partial charge is 0.314 e. The summed E-state index contributed by atoms with van der Waals surface area (Å²) in [4.78, 5) is 24.3. The van der Waals surface area contributed by atoms with Crippen LogP contribution in [0, 0.1) is 0 Å². The molecule has 0 aliphatic heterocycles. The van der Waals surface area contributed by atoms with Crippen LogP contribution in [0.5, 0.6) is 17.2 Å². The summed E-state index contributed by atoms with van der Waals surface area (Å²) < 4.78 is 15.4. The van der Waals surface area contributed by atoms with Crippen molar-refractivity contribution in [3.63, 3.8) is 0 Å². The van der Waals surface area contributed by atoms with E-state index in [0.29, 0.717) is 28.0 Å². The van der Waals surface area contributed by atoms with Gasteiger partial charge in [0.25, 0.3) is 0 Å². The van der Waals surface area contributed by atoms with Crippen LogP contribution in [0.4, 0.5) is 11.4 Å². The van der Waals surface area contributed by atoms with Crippen molar-refractivity contribution < 1.29 is 23.8 Å². The average Bonchev–Trinajstić information content (AvgIpc) is 2.61. The Kier molecular flexibility index (Phi) is 6.08. The molecule has 0 heterocycles. The number of halogens is 1. The van der Waals surface area contributed by atoms with Gasteiger partial charge in [-0.1, -0.05) is 11.6 Å². The van der Waals surface area contributed by atoms with E-state index >= 15 is 0 Å². The van der Waals surface area contributed by atoms with E-state index < -0.39 is 11.8 Å². The molecule has 0 spiro atoms. The minimum Gasteiger partial charge on any atom is -0.497 e. The number of nitrogens with one attached hydrogen (secondary N) is 2. The first-order valence-corrected chi connectivity index (χ1v) is 7.54. The first-order valence-electron chi connectivity index (χ1n) is 7.16. The molecule has 0 aliphatic carbocycles. The maximum atomic E-state index is 12.2. The lowest BCUT2D eigenvalue weighted by Gasteiger charge is -2.13. The van der Waals surface area contributed by atoms with E-state index in [1.54, 1.807) is 30.3 Å². The molecular formula is C17H17ClN2O5. The van der Waals surface area contributed by atoms with Crippen LogP contribution in [-0.4, -0.2) is 33.1 Å². The summed E-state index contributed by atoms with van der Waals surface area (Å²) in [5.74, 6) is -0.487. The second kappa shape index (κ2) is 8.25. The largest absolute Gasteiger partial charge is 0.497 e. The Bertz CT molecular complexity index is 795. The Morgan fingerprint density at radius 3 is 1.84 bits per heavy atom. The quantitative estimate of drug-likeness (QED) is 0.797. The molecule has 2 aromatic rings. The van der Waals surface area contributed by atoms with Crippen LogP contribution >= 0.6 is 11.6 Å². The SMILES string of the molecule is COc1ccc(OC)c(NC(=O)C(=O)Nc2cc(Cl)ccc2OC)c1. The third kappa shape index (κ3) is 4.54. The Labute approximate surface area is 149 Å². The Morgan fingerprint density at radius 2 is 1.32 bits per heavy atom. The summed E-state index contributed by atoms with van der Waals surface area (Å²) >= 11 is 5.90. The van der Waals surface area contributed by atoms with Crippen molar-refractivity contribution in [3.8, 4) is 17.2 Å². The number of methoxy groups -OCH3 is 3. The number of ether oxygens (including phenoxy) is 3. The van der Waals surface area contributed by atoms with Crippen molar-refractivity contribution in [2.45, 2.75) is 0 Å². The fraction of sp³-hybridized carbons (Fsp3) is 0.176. The Hall–Kier alpha value is -2.93. The molecule has 0 atom stereocenters. The Morgan fingerprint density at radius 1 is 0.800 bits per heavy atom. The van der Waals surface area contributed by atoms with Crippen LogP contribution in [0.1, 0.15) is 0 Å². The molecule has 2 N–H and O–H groups in total. The number of hydrogen-bond donors (Lipinski definition) is 2. The molecule has 7 nitrogen and oxygen atoms in total. The van der Waals surface area contributed by atoms with E-state index in [0.717, 1.165) is 0 Å². The fourth-order valence-electron chi connectivity index (χ4n) is 2.05. The van der Waals surface area contributed by atoms with Crippen LogP contribution in [0.3, 0.4) is 0 Å². The summed E-state index contributed by atoms with van der Waals surface area (Å²) in [6.45, 7) is 0. The molecule has 2 rings (SSSR count). The van der Waals surface area contributed by atoms with Gasteiger partial charge in [-0.3, -0.25) is 9.59 Å². The number of rotatable bonds is 5. The van der Waals surface area contributed by atoms with Crippen molar-refractivity contribution >= 4 is 34.8 Å². The third-order valence-corrected chi connectivity index (χ3v) is 3.51. The number of benzene rings is 2. The Balaban J connectivity index is 2.16. The van der Waals surface area contributed by atoms with Gasteiger partial charge in [0, 0.05) is 11.1 Å². The van der Waals surface area contributed by atoms with Crippen molar-refractivity contribution in [3.05, 3.63) is 41.4 Å². The van der Waals surface area contributed by atoms with E-state index in [2.05, 4.69) is 10.6 Å². The van der Waals surface area contributed by atoms with Gasteiger partial charge >= 0.3 is 11.8 Å². The van der Waals surface area contributed by atoms with Gasteiger partial charge < -0.3 is 24.8 Å². The predicted octanol–water partition coefficient (Wildman–Crippen LogP) is 2.94. The highest BCUT2D eigenvalue weighted by Gasteiger charge is 2.18. The standard InChI is InChI=1S/C17H17ClN2O5/c1-23-11-5-7-15(25-3)13(9-11)20-17(22)16(21)19-12-8-10(18)4-6-14(12)24-2/h4-9H,1-3H3,(H,19,21)(H,20,22). The molecule has 0 saturated carbocycles. The number of carbonyl (C=O) groups excluding carboxylic acids is 2. The second-order valence-electron chi connectivity index (χ2n) is 4.82. The highest BCUT2D eigenvalue weighted by atomic mass is 35.5. The van der Waals surface area contributed by atoms with Gasteiger partial charge in [0.2, 0.25) is 0 Å². The minimum absolute atomic E-state index is 0.285. The number of carbonyl (C=O) groups is 2. The molecule has 0 radical (unpaired) electrons. The lowest BCUT2D eigenvalue weighted by atomic mass is 10.2. The van der Waals surface area contributed by atoms with Crippen LogP contribution in [0.25, 0.3) is 0 Å². The van der Waals surface area contributed by atoms with E-state index in [9.17, 15) is 9.59 Å². The summed E-state index contributed by atoms with van der Waals surface area (Å²) in [5, 5.41) is 5.33. The monoisotopic (exact) mass is 364 g/mol. The maximum Gasteiger partial charge on any atom is 0.314 e. The zero-order valence-corrected chi connectivity index (χ0v) is 14.6. The normalized spacial score (nSPS) is 9.92. The topological polar surface area (TPSA) is 85.9 Å². The van der Waals surface area contributed by atoms with Gasteiger partial charge in [-0.2, -0.15) is 0 Å². The van der Waals surface area contributed by atoms with Gasteiger partial charge in [-0.25, -0.2) is 0 Å². The molecular weight excluding hydrogens is 348 g/mol. The average molecular weight is 365 g/mol. The zero-order valence-electron chi connectivity index (χ0n) is 13.9. The first-order chi connectivity index (χ1) is 12.0. The molecule has 0 bridgehead atoms. The van der Waals surface area contributed by atoms with E-state index in [1.165, 1.54) is 27.4 Å². The van der Waals surface area contributed by atoms with Gasteiger partial charge in [0.15, 0.2) is 0 Å². The van der Waals surface area contributed by atoms with Crippen LogP contribution in [0.15, 0.2) is 36.4 Å². The highest BCUT2D eigenvalue weighted by molar-refractivity contribution is 6.44. The lowest BCUT2D eigenvalue weighted by Crippen LogP contribution is -2.29. The van der Waals surface area contributed by atoms with E-state index in [1.807, 2.05) is 0 Å². The van der Waals surface area contributed by atoms with E-state index in [-0.39, 0.29) is 5.69 Å². The lowest BCUT2D eigenvalue weighted by molar-refractivity contribution is -0.133. The number of anilines is 2. The second-order valence-corrected chi connectivity index (χ2v) is 5.26. The highest BCUT2D eigenvalue weighted by Crippen LogP contribution is 2.30. The van der Waals surface area contributed by atoms with Gasteiger partial charge in [-0.15, -0.1) is 0 Å². The fourth-order valence-corrected chi connectivity index (χ4v) is 2.22. The molecule has 132 valence electrons. The third-order valence-electron chi connectivity index (χ3n) is 3.27. The van der Waals surface area contributed by atoms with Crippen molar-refractivity contribution in [1.82, 2.24) is 0 Å². The van der Waals surface area contributed by atoms with Crippen LogP contribution < -0.4 is 24.8 Å². The minimum atomic E-state index is -0.884. The molecule has 0 unspecified atom stereocenters. The molecule has 2 aromatic carbocycles. The molecule has 0 aromatic heterocycles. The molecule has 0 saturated heterocycles. The first kappa shape index (κ1) is 18.4. The molecule has 25 heavy (non-hydrogen) atoms. The number of hydrogen-bond acceptors (Lipinski definition) is 5. The van der Waals surface area contributed by atoms with Crippen molar-refractivity contribution in [2.75, 3.05) is 32.0 Å².